The van der Waals surface area contributed by atoms with Crippen LogP contribution in [-0.4, -0.2) is 19.1 Å². The third kappa shape index (κ3) is 4.86. The van der Waals surface area contributed by atoms with Crippen LogP contribution in [-0.2, 0) is 17.6 Å². The fourth-order valence-corrected chi connectivity index (χ4v) is 3.80. The predicted octanol–water partition coefficient (Wildman–Crippen LogP) is 5.00. The van der Waals surface area contributed by atoms with E-state index in [-0.39, 0.29) is 11.9 Å². The molecule has 0 fully saturated rings. The number of aryl methyl sites for hydroxylation is 2. The first-order chi connectivity index (χ1) is 13.6. The maximum atomic E-state index is 12.9. The van der Waals surface area contributed by atoms with Crippen LogP contribution in [0.25, 0.3) is 0 Å². The van der Waals surface area contributed by atoms with Crippen molar-refractivity contribution >= 4 is 5.91 Å². The highest BCUT2D eigenvalue weighted by molar-refractivity contribution is 5.81. The van der Waals surface area contributed by atoms with E-state index in [1.807, 2.05) is 31.2 Å². The molecule has 0 heterocycles. The minimum atomic E-state index is -0.514. The zero-order valence-electron chi connectivity index (χ0n) is 17.2. The van der Waals surface area contributed by atoms with Crippen molar-refractivity contribution in [1.82, 2.24) is 5.32 Å². The molecule has 2 atom stereocenters. The second kappa shape index (κ2) is 9.63. The molecular formula is C24H31NO3. The van der Waals surface area contributed by atoms with Gasteiger partial charge >= 0.3 is 0 Å². The van der Waals surface area contributed by atoms with Crippen molar-refractivity contribution in [2.24, 2.45) is 0 Å². The van der Waals surface area contributed by atoms with Crippen LogP contribution in [0.5, 0.6) is 11.5 Å². The lowest BCUT2D eigenvalue weighted by Crippen LogP contribution is -2.40. The van der Waals surface area contributed by atoms with Gasteiger partial charge in [-0.3, -0.25) is 4.79 Å². The third-order valence-corrected chi connectivity index (χ3v) is 5.50. The van der Waals surface area contributed by atoms with Crippen LogP contribution < -0.4 is 14.8 Å². The molecule has 4 heteroatoms. The number of amides is 1. The topological polar surface area (TPSA) is 47.6 Å². The summed E-state index contributed by atoms with van der Waals surface area (Å²) >= 11 is 0. The van der Waals surface area contributed by atoms with E-state index >= 15 is 0 Å². The molecular weight excluding hydrogens is 350 g/mol. The summed E-state index contributed by atoms with van der Waals surface area (Å²) in [6.45, 7) is 4.07. The molecule has 28 heavy (non-hydrogen) atoms. The van der Waals surface area contributed by atoms with Crippen LogP contribution in [0.3, 0.4) is 0 Å². The van der Waals surface area contributed by atoms with E-state index in [1.54, 1.807) is 7.11 Å². The Morgan fingerprint density at radius 3 is 2.29 bits per heavy atom. The van der Waals surface area contributed by atoms with Gasteiger partial charge in [0.05, 0.1) is 13.2 Å². The van der Waals surface area contributed by atoms with Gasteiger partial charge in [-0.15, -0.1) is 0 Å². The van der Waals surface area contributed by atoms with Gasteiger partial charge in [0, 0.05) is 0 Å². The van der Waals surface area contributed by atoms with Crippen LogP contribution in [0, 0.1) is 0 Å². The molecule has 2 aromatic rings. The van der Waals surface area contributed by atoms with Crippen LogP contribution in [0.4, 0.5) is 0 Å². The van der Waals surface area contributed by atoms with Gasteiger partial charge in [0.15, 0.2) is 6.10 Å². The summed E-state index contributed by atoms with van der Waals surface area (Å²) in [5.41, 5.74) is 4.10. The quantitative estimate of drug-likeness (QED) is 0.700. The Kier molecular flexibility index (Phi) is 6.96. The summed E-state index contributed by atoms with van der Waals surface area (Å²) in [5.74, 6) is 1.37. The molecule has 1 N–H and O–H groups in total. The molecule has 1 amide bonds. The largest absolute Gasteiger partial charge is 0.497 e. The minimum Gasteiger partial charge on any atom is -0.497 e. The lowest BCUT2D eigenvalue weighted by Gasteiger charge is -2.24. The third-order valence-electron chi connectivity index (χ3n) is 5.50. The molecule has 150 valence electrons. The Morgan fingerprint density at radius 1 is 0.964 bits per heavy atom. The van der Waals surface area contributed by atoms with Crippen LogP contribution in [0.15, 0.2) is 42.5 Å². The number of ether oxygens (including phenoxy) is 2. The average molecular weight is 382 g/mol. The van der Waals surface area contributed by atoms with Gasteiger partial charge in [-0.05, 0) is 79.5 Å². The van der Waals surface area contributed by atoms with Crippen molar-refractivity contribution in [3.8, 4) is 11.5 Å². The highest BCUT2D eigenvalue weighted by Gasteiger charge is 2.22. The van der Waals surface area contributed by atoms with Crippen molar-refractivity contribution in [3.05, 3.63) is 59.2 Å². The normalized spacial score (nSPS) is 15.2. The Morgan fingerprint density at radius 2 is 1.64 bits per heavy atom. The Hall–Kier alpha value is -2.49. The van der Waals surface area contributed by atoms with E-state index < -0.39 is 6.10 Å². The fourth-order valence-electron chi connectivity index (χ4n) is 3.80. The Bertz CT molecular complexity index is 785. The summed E-state index contributed by atoms with van der Waals surface area (Å²) in [6, 6.07) is 14.0. The molecule has 0 aromatic heterocycles. The average Bonchev–Trinajstić information content (AvgIpc) is 2.75. The molecule has 0 saturated carbocycles. The SMILES string of the molecule is CCC(Oc1ccc(OC)cc1)C(=O)NC(CC)c1ccc2c(c1)CCCC2. The summed E-state index contributed by atoms with van der Waals surface area (Å²) in [4.78, 5) is 12.9. The molecule has 3 rings (SSSR count). The minimum absolute atomic E-state index is 0.00763. The highest BCUT2D eigenvalue weighted by Crippen LogP contribution is 2.26. The van der Waals surface area contributed by atoms with Gasteiger partial charge in [-0.1, -0.05) is 32.0 Å². The number of carbonyl (C=O) groups is 1. The van der Waals surface area contributed by atoms with Crippen molar-refractivity contribution in [2.75, 3.05) is 7.11 Å². The lowest BCUT2D eigenvalue weighted by molar-refractivity contribution is -0.128. The van der Waals surface area contributed by atoms with Crippen molar-refractivity contribution in [2.45, 2.75) is 64.5 Å². The summed E-state index contributed by atoms with van der Waals surface area (Å²) < 4.78 is 11.1. The lowest BCUT2D eigenvalue weighted by atomic mass is 9.88. The number of carbonyl (C=O) groups excluding carboxylic acids is 1. The first-order valence-electron chi connectivity index (χ1n) is 10.4. The van der Waals surface area contributed by atoms with Crippen molar-refractivity contribution in [1.29, 1.82) is 0 Å². The summed E-state index contributed by atoms with van der Waals surface area (Å²) in [7, 11) is 1.63. The number of fused-ring (bicyclic) bond motifs is 1. The van der Waals surface area contributed by atoms with Crippen LogP contribution in [0.1, 0.15) is 62.3 Å². The van der Waals surface area contributed by atoms with Gasteiger partial charge in [0.25, 0.3) is 5.91 Å². The number of benzene rings is 2. The van der Waals surface area contributed by atoms with E-state index in [4.69, 9.17) is 9.47 Å². The maximum absolute atomic E-state index is 12.9. The number of methoxy groups -OCH3 is 1. The molecule has 0 bridgehead atoms. The second-order valence-corrected chi connectivity index (χ2v) is 7.39. The van der Waals surface area contributed by atoms with E-state index in [1.165, 1.54) is 36.0 Å². The number of hydrogen-bond donors (Lipinski definition) is 1. The molecule has 2 unspecified atom stereocenters. The van der Waals surface area contributed by atoms with Gasteiger partial charge in [0.1, 0.15) is 11.5 Å². The van der Waals surface area contributed by atoms with Crippen molar-refractivity contribution in [3.63, 3.8) is 0 Å². The Balaban J connectivity index is 1.67. The molecule has 0 saturated heterocycles. The van der Waals surface area contributed by atoms with Gasteiger partial charge in [-0.25, -0.2) is 0 Å². The zero-order valence-corrected chi connectivity index (χ0v) is 17.2. The fraction of sp³-hybridized carbons (Fsp3) is 0.458. The molecule has 1 aliphatic rings. The Labute approximate surface area is 168 Å². The van der Waals surface area contributed by atoms with E-state index in [0.717, 1.165) is 18.6 Å². The molecule has 4 nitrogen and oxygen atoms in total. The van der Waals surface area contributed by atoms with Crippen molar-refractivity contribution < 1.29 is 14.3 Å². The molecule has 2 aromatic carbocycles. The first kappa shape index (κ1) is 20.2. The van der Waals surface area contributed by atoms with Crippen LogP contribution in [0.2, 0.25) is 0 Å². The predicted molar refractivity (Wildman–Crippen MR) is 112 cm³/mol. The summed E-state index contributed by atoms with van der Waals surface area (Å²) in [6.07, 6.45) is 5.80. The number of nitrogens with one attached hydrogen (secondary N) is 1. The van der Waals surface area contributed by atoms with Gasteiger partial charge in [-0.2, -0.15) is 0 Å². The smallest absolute Gasteiger partial charge is 0.261 e. The number of hydrogen-bond acceptors (Lipinski definition) is 3. The maximum Gasteiger partial charge on any atom is 0.261 e. The molecule has 1 aliphatic carbocycles. The van der Waals surface area contributed by atoms with Crippen LogP contribution >= 0.6 is 0 Å². The molecule has 0 aliphatic heterocycles. The summed E-state index contributed by atoms with van der Waals surface area (Å²) in [5, 5.41) is 3.19. The zero-order chi connectivity index (χ0) is 19.9. The molecule has 0 radical (unpaired) electrons. The first-order valence-corrected chi connectivity index (χ1v) is 10.4. The van der Waals surface area contributed by atoms with Gasteiger partial charge < -0.3 is 14.8 Å². The standard InChI is InChI=1S/C24H31NO3/c1-4-22(19-11-10-17-8-6-7-9-18(17)16-19)25-24(26)23(5-2)28-21-14-12-20(27-3)13-15-21/h10-16,22-23H,4-9H2,1-3H3,(H,25,26). The highest BCUT2D eigenvalue weighted by atomic mass is 16.5. The van der Waals surface area contributed by atoms with Gasteiger partial charge in [0.2, 0.25) is 0 Å². The van der Waals surface area contributed by atoms with E-state index in [9.17, 15) is 4.79 Å². The van der Waals surface area contributed by atoms with E-state index in [0.29, 0.717) is 12.2 Å². The second-order valence-electron chi connectivity index (χ2n) is 7.39. The number of rotatable bonds is 8. The monoisotopic (exact) mass is 381 g/mol. The van der Waals surface area contributed by atoms with E-state index in [2.05, 4.69) is 30.4 Å². The molecule has 0 spiro atoms.